The van der Waals surface area contributed by atoms with Crippen LogP contribution in [0.15, 0.2) is 11.8 Å². The summed E-state index contributed by atoms with van der Waals surface area (Å²) in [5, 5.41) is 11.8. The summed E-state index contributed by atoms with van der Waals surface area (Å²) < 4.78 is 5.03. The van der Waals surface area contributed by atoms with Crippen molar-refractivity contribution in [1.29, 1.82) is 5.26 Å². The SMILES string of the molecule is CCCNC(=O)/C(C#N)=C\N1CCCC(C(=O)OCC)C1. The van der Waals surface area contributed by atoms with Crippen LogP contribution in [0.1, 0.15) is 33.1 Å². The number of carbonyl (C=O) groups excluding carboxylic acids is 2. The predicted molar refractivity (Wildman–Crippen MR) is 77.9 cm³/mol. The fraction of sp³-hybridized carbons (Fsp3) is 0.667. The summed E-state index contributed by atoms with van der Waals surface area (Å²) in [6.45, 7) is 5.87. The normalized spacial score (nSPS) is 18.8. The molecule has 1 aliphatic heterocycles. The van der Waals surface area contributed by atoms with E-state index >= 15 is 0 Å². The molecule has 1 fully saturated rings. The average molecular weight is 293 g/mol. The summed E-state index contributed by atoms with van der Waals surface area (Å²) in [5.74, 6) is -0.754. The summed E-state index contributed by atoms with van der Waals surface area (Å²) in [6, 6.07) is 1.92. The van der Waals surface area contributed by atoms with Gasteiger partial charge in [0.1, 0.15) is 11.6 Å². The van der Waals surface area contributed by atoms with Gasteiger partial charge in [0.25, 0.3) is 5.91 Å². The molecule has 0 aliphatic carbocycles. The van der Waals surface area contributed by atoms with Gasteiger partial charge in [-0.3, -0.25) is 9.59 Å². The second kappa shape index (κ2) is 9.01. The Kier molecular flexibility index (Phi) is 7.30. The molecule has 6 heteroatoms. The lowest BCUT2D eigenvalue weighted by atomic mass is 9.98. The zero-order valence-electron chi connectivity index (χ0n) is 12.7. The zero-order chi connectivity index (χ0) is 15.7. The van der Waals surface area contributed by atoms with Gasteiger partial charge in [0, 0.05) is 25.8 Å². The number of amides is 1. The summed E-state index contributed by atoms with van der Waals surface area (Å²) in [4.78, 5) is 25.4. The summed E-state index contributed by atoms with van der Waals surface area (Å²) >= 11 is 0. The Morgan fingerprint density at radius 3 is 2.86 bits per heavy atom. The van der Waals surface area contributed by atoms with E-state index in [9.17, 15) is 9.59 Å². The van der Waals surface area contributed by atoms with Crippen LogP contribution in [-0.4, -0.2) is 43.0 Å². The van der Waals surface area contributed by atoms with Crippen molar-refractivity contribution < 1.29 is 14.3 Å². The Morgan fingerprint density at radius 2 is 2.24 bits per heavy atom. The van der Waals surface area contributed by atoms with E-state index in [1.807, 2.05) is 17.9 Å². The maximum absolute atomic E-state index is 11.8. The third kappa shape index (κ3) is 5.46. The van der Waals surface area contributed by atoms with Crippen molar-refractivity contribution >= 4 is 11.9 Å². The number of hydrogen-bond acceptors (Lipinski definition) is 5. The van der Waals surface area contributed by atoms with Crippen LogP contribution in [0.4, 0.5) is 0 Å². The van der Waals surface area contributed by atoms with Gasteiger partial charge in [-0.1, -0.05) is 6.92 Å². The van der Waals surface area contributed by atoms with Gasteiger partial charge in [-0.25, -0.2) is 0 Å². The molecule has 0 spiro atoms. The first-order valence-electron chi connectivity index (χ1n) is 7.43. The van der Waals surface area contributed by atoms with Crippen molar-refractivity contribution in [2.75, 3.05) is 26.2 Å². The van der Waals surface area contributed by atoms with E-state index < -0.39 is 0 Å². The third-order valence-electron chi connectivity index (χ3n) is 3.29. The summed E-state index contributed by atoms with van der Waals surface area (Å²) in [6.07, 6.45) is 4.00. The lowest BCUT2D eigenvalue weighted by Crippen LogP contribution is -2.37. The van der Waals surface area contributed by atoms with Gasteiger partial charge < -0.3 is 15.0 Å². The molecular weight excluding hydrogens is 270 g/mol. The number of likely N-dealkylation sites (tertiary alicyclic amines) is 1. The van der Waals surface area contributed by atoms with Crippen LogP contribution in [-0.2, 0) is 14.3 Å². The molecule has 1 unspecified atom stereocenters. The second-order valence-electron chi connectivity index (χ2n) is 5.00. The minimum atomic E-state index is -0.363. The number of piperidine rings is 1. The molecule has 0 bridgehead atoms. The zero-order valence-corrected chi connectivity index (χ0v) is 12.7. The molecule has 0 aromatic carbocycles. The molecule has 0 saturated carbocycles. The fourth-order valence-electron chi connectivity index (χ4n) is 2.23. The average Bonchev–Trinajstić information content (AvgIpc) is 2.50. The monoisotopic (exact) mass is 293 g/mol. The van der Waals surface area contributed by atoms with Gasteiger partial charge in [0.05, 0.1) is 12.5 Å². The number of rotatable bonds is 6. The highest BCUT2D eigenvalue weighted by atomic mass is 16.5. The highest BCUT2D eigenvalue weighted by molar-refractivity contribution is 5.97. The predicted octanol–water partition coefficient (Wildman–Crippen LogP) is 1.20. The number of carbonyl (C=O) groups is 2. The third-order valence-corrected chi connectivity index (χ3v) is 3.29. The first-order chi connectivity index (χ1) is 10.1. The Balaban J connectivity index is 2.66. The van der Waals surface area contributed by atoms with Crippen LogP contribution in [0, 0.1) is 17.2 Å². The van der Waals surface area contributed by atoms with Crippen molar-refractivity contribution in [2.45, 2.75) is 33.1 Å². The van der Waals surface area contributed by atoms with Crippen molar-refractivity contribution in [3.8, 4) is 6.07 Å². The fourth-order valence-corrected chi connectivity index (χ4v) is 2.23. The van der Waals surface area contributed by atoms with E-state index in [-0.39, 0.29) is 23.4 Å². The number of nitrogens with one attached hydrogen (secondary N) is 1. The molecule has 6 nitrogen and oxygen atoms in total. The molecule has 1 amide bonds. The molecule has 21 heavy (non-hydrogen) atoms. The van der Waals surface area contributed by atoms with Gasteiger partial charge in [-0.05, 0) is 26.2 Å². The first-order valence-corrected chi connectivity index (χ1v) is 7.43. The van der Waals surface area contributed by atoms with Crippen LogP contribution < -0.4 is 5.32 Å². The number of esters is 1. The minimum absolute atomic E-state index is 0.0768. The maximum atomic E-state index is 11.8. The molecular formula is C15H23N3O3. The van der Waals surface area contributed by atoms with Crippen molar-refractivity contribution in [1.82, 2.24) is 10.2 Å². The van der Waals surface area contributed by atoms with E-state index in [2.05, 4.69) is 5.32 Å². The highest BCUT2D eigenvalue weighted by Crippen LogP contribution is 2.18. The lowest BCUT2D eigenvalue weighted by molar-refractivity contribution is -0.149. The number of ether oxygens (including phenoxy) is 1. The Morgan fingerprint density at radius 1 is 1.48 bits per heavy atom. The second-order valence-corrected chi connectivity index (χ2v) is 5.00. The lowest BCUT2D eigenvalue weighted by Gasteiger charge is -2.30. The topological polar surface area (TPSA) is 82.4 Å². The van der Waals surface area contributed by atoms with E-state index in [0.717, 1.165) is 25.8 Å². The largest absolute Gasteiger partial charge is 0.466 e. The van der Waals surface area contributed by atoms with E-state index in [1.54, 1.807) is 13.1 Å². The number of hydrogen-bond donors (Lipinski definition) is 1. The van der Waals surface area contributed by atoms with Crippen LogP contribution in [0.3, 0.4) is 0 Å². The maximum Gasteiger partial charge on any atom is 0.310 e. The van der Waals surface area contributed by atoms with Gasteiger partial charge in [0.2, 0.25) is 0 Å². The van der Waals surface area contributed by atoms with Crippen LogP contribution in [0.2, 0.25) is 0 Å². The van der Waals surface area contributed by atoms with Gasteiger partial charge >= 0.3 is 5.97 Å². The van der Waals surface area contributed by atoms with Crippen LogP contribution in [0.5, 0.6) is 0 Å². The van der Waals surface area contributed by atoms with Crippen LogP contribution in [0.25, 0.3) is 0 Å². The molecule has 116 valence electrons. The van der Waals surface area contributed by atoms with Gasteiger partial charge in [0.15, 0.2) is 0 Å². The van der Waals surface area contributed by atoms with Crippen molar-refractivity contribution in [3.05, 3.63) is 11.8 Å². The molecule has 1 saturated heterocycles. The molecule has 0 aromatic rings. The Bertz CT molecular complexity index is 440. The van der Waals surface area contributed by atoms with Gasteiger partial charge in [-0.2, -0.15) is 5.26 Å². The van der Waals surface area contributed by atoms with E-state index in [4.69, 9.17) is 10.00 Å². The van der Waals surface area contributed by atoms with Crippen molar-refractivity contribution in [2.24, 2.45) is 5.92 Å². The quantitative estimate of drug-likeness (QED) is 0.452. The van der Waals surface area contributed by atoms with E-state index in [1.165, 1.54) is 0 Å². The summed E-state index contributed by atoms with van der Waals surface area (Å²) in [5.41, 5.74) is 0.0768. The first kappa shape index (κ1) is 17.0. The smallest absolute Gasteiger partial charge is 0.310 e. The molecule has 1 aliphatic rings. The number of nitrogens with zero attached hydrogens (tertiary/aromatic N) is 2. The summed E-state index contributed by atoms with van der Waals surface area (Å²) in [7, 11) is 0. The number of nitriles is 1. The van der Waals surface area contributed by atoms with E-state index in [0.29, 0.717) is 19.7 Å². The highest BCUT2D eigenvalue weighted by Gasteiger charge is 2.26. The molecule has 1 rings (SSSR count). The Labute approximate surface area is 125 Å². The molecule has 1 heterocycles. The minimum Gasteiger partial charge on any atom is -0.466 e. The van der Waals surface area contributed by atoms with Crippen LogP contribution >= 0.6 is 0 Å². The molecule has 1 N–H and O–H groups in total. The molecule has 1 atom stereocenters. The van der Waals surface area contributed by atoms with Crippen molar-refractivity contribution in [3.63, 3.8) is 0 Å². The van der Waals surface area contributed by atoms with Gasteiger partial charge in [-0.15, -0.1) is 0 Å². The molecule has 0 aromatic heterocycles. The Hall–Kier alpha value is -2.03. The standard InChI is InChI=1S/C15H23N3O3/c1-3-7-17-14(19)13(9-16)11-18-8-5-6-12(10-18)15(20)21-4-2/h11-12H,3-8,10H2,1-2H3,(H,17,19)/b13-11-. The molecule has 0 radical (unpaired) electrons.